The molecule has 1 aliphatic carbocycles. The summed E-state index contributed by atoms with van der Waals surface area (Å²) in [4.78, 5) is 23.8. The summed E-state index contributed by atoms with van der Waals surface area (Å²) < 4.78 is 55.3. The van der Waals surface area contributed by atoms with Gasteiger partial charge in [0.15, 0.2) is 0 Å². The van der Waals surface area contributed by atoms with E-state index in [2.05, 4.69) is 38.1 Å². The zero-order valence-electron chi connectivity index (χ0n) is 28.1. The van der Waals surface area contributed by atoms with Gasteiger partial charge in [0.1, 0.15) is 11.9 Å². The van der Waals surface area contributed by atoms with E-state index in [-0.39, 0.29) is 42.8 Å². The normalized spacial score (nSPS) is 13.9. The third-order valence-electron chi connectivity index (χ3n) is 7.27. The second kappa shape index (κ2) is 23.8. The van der Waals surface area contributed by atoms with Crippen molar-refractivity contribution in [2.45, 2.75) is 36.7 Å². The molecule has 3 rings (SSSR count). The summed E-state index contributed by atoms with van der Waals surface area (Å²) in [5, 5.41) is 10.9. The van der Waals surface area contributed by atoms with Gasteiger partial charge in [0.25, 0.3) is 0 Å². The molecule has 15 nitrogen and oxygen atoms in total. The van der Waals surface area contributed by atoms with Crippen LogP contribution in [-0.2, 0) is 35.4 Å². The highest BCUT2D eigenvalue weighted by molar-refractivity contribution is 7.89. The number of sulfonamides is 1. The Labute approximate surface area is 289 Å². The van der Waals surface area contributed by atoms with Gasteiger partial charge in [-0.2, -0.15) is 0 Å². The molecule has 0 spiro atoms. The van der Waals surface area contributed by atoms with Crippen LogP contribution in [0, 0.1) is 0 Å². The minimum absolute atomic E-state index is 0.0250. The average molecular weight is 709 g/mol. The Morgan fingerprint density at radius 2 is 1.20 bits per heavy atom. The first-order chi connectivity index (χ1) is 23.9. The van der Waals surface area contributed by atoms with Crippen LogP contribution in [0.2, 0.25) is 0 Å². The topological polar surface area (TPSA) is 201 Å². The van der Waals surface area contributed by atoms with Crippen LogP contribution in [0.25, 0.3) is 0 Å². The van der Waals surface area contributed by atoms with E-state index in [1.54, 1.807) is 12.1 Å². The maximum atomic E-state index is 12.6. The van der Waals surface area contributed by atoms with Gasteiger partial charge in [0.05, 0.1) is 57.8 Å². The first kappa shape index (κ1) is 39.9. The van der Waals surface area contributed by atoms with Crippen molar-refractivity contribution >= 4 is 22.1 Å². The number of fused-ring (bicyclic) bond motifs is 1. The van der Waals surface area contributed by atoms with Crippen LogP contribution in [0.1, 0.15) is 36.5 Å². The van der Waals surface area contributed by atoms with E-state index in [1.165, 1.54) is 23.3 Å². The number of ether oxygens (including phenoxy) is 5. The SMILES string of the molecule is NCCOCCOCCNC(=O)NCCCCNC(=O)NCCOCCOCCNS(=O)(=O)c1ccc(OC2CCc3ccccc32)cc1. The standard InChI is InChI=1S/C33H52N6O9S/c34-13-19-44-23-24-45-20-16-37-32(40)35-14-3-4-15-36-33(41)38-17-21-46-25-26-47-22-18-39-49(42,43)29-10-8-28(9-11-29)48-31-12-7-27-5-1-2-6-30(27)31/h1-2,5-6,8-11,31,39H,3-4,7,12-26,34H2,(H2,35,37,40)(H2,36,38,41). The Bertz CT molecular complexity index is 1330. The zero-order valence-corrected chi connectivity index (χ0v) is 28.9. The smallest absolute Gasteiger partial charge is 0.314 e. The number of hydrogen-bond acceptors (Lipinski definition) is 10. The van der Waals surface area contributed by atoms with Gasteiger partial charge >= 0.3 is 12.1 Å². The second-order valence-electron chi connectivity index (χ2n) is 11.0. The molecule has 0 bridgehead atoms. The number of carbonyl (C=O) groups is 2. The van der Waals surface area contributed by atoms with Gasteiger partial charge < -0.3 is 50.7 Å². The predicted molar refractivity (Wildman–Crippen MR) is 184 cm³/mol. The minimum atomic E-state index is -3.68. The number of nitrogens with one attached hydrogen (secondary N) is 5. The molecule has 2 aromatic carbocycles. The number of urea groups is 2. The molecule has 0 saturated heterocycles. The summed E-state index contributed by atoms with van der Waals surface area (Å²) in [5.41, 5.74) is 7.80. The Hall–Kier alpha value is -3.51. The summed E-state index contributed by atoms with van der Waals surface area (Å²) in [6.07, 6.45) is 3.27. The molecule has 0 radical (unpaired) electrons. The van der Waals surface area contributed by atoms with Crippen LogP contribution in [0.15, 0.2) is 53.4 Å². The van der Waals surface area contributed by atoms with Crippen LogP contribution in [0.4, 0.5) is 9.59 Å². The number of rotatable bonds is 26. The summed E-state index contributed by atoms with van der Waals surface area (Å²) in [7, 11) is -3.68. The quantitative estimate of drug-likeness (QED) is 0.0777. The fraction of sp³-hybridized carbons (Fsp3) is 0.576. The molecule has 1 aliphatic rings. The summed E-state index contributed by atoms with van der Waals surface area (Å²) in [5.74, 6) is 0.628. The summed E-state index contributed by atoms with van der Waals surface area (Å²) in [6, 6.07) is 14.1. The molecule has 4 amide bonds. The Kier molecular flexibility index (Phi) is 19.4. The molecular weight excluding hydrogens is 656 g/mol. The van der Waals surface area contributed by atoms with Crippen molar-refractivity contribution in [1.29, 1.82) is 0 Å². The van der Waals surface area contributed by atoms with Crippen molar-refractivity contribution in [2.75, 3.05) is 92.1 Å². The molecule has 2 aromatic rings. The fourth-order valence-electron chi connectivity index (χ4n) is 4.81. The third kappa shape index (κ3) is 16.6. The van der Waals surface area contributed by atoms with Crippen LogP contribution >= 0.6 is 0 Å². The first-order valence-electron chi connectivity index (χ1n) is 16.8. The number of benzene rings is 2. The number of carbonyl (C=O) groups excluding carboxylic acids is 2. The Balaban J connectivity index is 1.09. The lowest BCUT2D eigenvalue weighted by atomic mass is 10.1. The van der Waals surface area contributed by atoms with Gasteiger partial charge in [-0.25, -0.2) is 22.7 Å². The molecule has 49 heavy (non-hydrogen) atoms. The Morgan fingerprint density at radius 1 is 0.673 bits per heavy atom. The average Bonchev–Trinajstić information content (AvgIpc) is 3.51. The van der Waals surface area contributed by atoms with Gasteiger partial charge in [-0.1, -0.05) is 24.3 Å². The highest BCUT2D eigenvalue weighted by Crippen LogP contribution is 2.34. The van der Waals surface area contributed by atoms with Crippen LogP contribution in [0.3, 0.4) is 0 Å². The fourth-order valence-corrected chi connectivity index (χ4v) is 5.83. The molecule has 0 heterocycles. The van der Waals surface area contributed by atoms with Crippen molar-refractivity contribution in [1.82, 2.24) is 26.0 Å². The highest BCUT2D eigenvalue weighted by Gasteiger charge is 2.23. The van der Waals surface area contributed by atoms with Gasteiger partial charge in [-0.3, -0.25) is 0 Å². The maximum Gasteiger partial charge on any atom is 0.314 e. The van der Waals surface area contributed by atoms with Crippen molar-refractivity contribution < 1.29 is 41.7 Å². The lowest BCUT2D eigenvalue weighted by Crippen LogP contribution is -2.39. The molecular formula is C33H52N6O9S. The monoisotopic (exact) mass is 708 g/mol. The number of hydrogen-bond donors (Lipinski definition) is 6. The van der Waals surface area contributed by atoms with Gasteiger partial charge in [-0.15, -0.1) is 0 Å². The second-order valence-corrected chi connectivity index (χ2v) is 12.8. The lowest BCUT2D eigenvalue weighted by molar-refractivity contribution is 0.0516. The van der Waals surface area contributed by atoms with E-state index in [9.17, 15) is 18.0 Å². The van der Waals surface area contributed by atoms with Crippen LogP contribution in [0.5, 0.6) is 5.75 Å². The molecule has 1 unspecified atom stereocenters. The maximum absolute atomic E-state index is 12.6. The van der Waals surface area contributed by atoms with Crippen molar-refractivity contribution in [3.8, 4) is 5.75 Å². The van der Waals surface area contributed by atoms with Crippen LogP contribution < -0.4 is 36.5 Å². The van der Waals surface area contributed by atoms with Crippen molar-refractivity contribution in [3.63, 3.8) is 0 Å². The highest BCUT2D eigenvalue weighted by atomic mass is 32.2. The molecule has 1 atom stereocenters. The molecule has 0 saturated carbocycles. The number of aryl methyl sites for hydroxylation is 1. The van der Waals surface area contributed by atoms with Crippen LogP contribution in [-0.4, -0.2) is 113 Å². The van der Waals surface area contributed by atoms with E-state index >= 15 is 0 Å². The third-order valence-corrected chi connectivity index (χ3v) is 8.75. The van der Waals surface area contributed by atoms with Gasteiger partial charge in [0, 0.05) is 39.3 Å². The molecule has 16 heteroatoms. The number of unbranched alkanes of at least 4 members (excludes halogenated alkanes) is 1. The summed E-state index contributed by atoms with van der Waals surface area (Å²) >= 11 is 0. The minimum Gasteiger partial charge on any atom is -0.486 e. The largest absolute Gasteiger partial charge is 0.486 e. The van der Waals surface area contributed by atoms with E-state index in [1.807, 2.05) is 12.1 Å². The predicted octanol–water partition coefficient (Wildman–Crippen LogP) is 1.43. The number of amides is 4. The lowest BCUT2D eigenvalue weighted by Gasteiger charge is -2.15. The molecule has 0 aliphatic heterocycles. The van der Waals surface area contributed by atoms with E-state index < -0.39 is 10.0 Å². The van der Waals surface area contributed by atoms with Crippen molar-refractivity contribution in [3.05, 3.63) is 59.7 Å². The zero-order chi connectivity index (χ0) is 35.0. The molecule has 7 N–H and O–H groups in total. The van der Waals surface area contributed by atoms with Crippen molar-refractivity contribution in [2.24, 2.45) is 5.73 Å². The first-order valence-corrected chi connectivity index (χ1v) is 18.3. The van der Waals surface area contributed by atoms with E-state index in [0.717, 1.165) is 12.8 Å². The van der Waals surface area contributed by atoms with Gasteiger partial charge in [-0.05, 0) is 61.1 Å². The number of nitrogens with two attached hydrogens (primary N) is 1. The van der Waals surface area contributed by atoms with E-state index in [0.29, 0.717) is 91.0 Å². The molecule has 0 fully saturated rings. The molecule has 0 aromatic heterocycles. The van der Waals surface area contributed by atoms with Gasteiger partial charge in [0.2, 0.25) is 10.0 Å². The Morgan fingerprint density at radius 3 is 1.80 bits per heavy atom. The molecule has 274 valence electrons. The van der Waals surface area contributed by atoms with E-state index in [4.69, 9.17) is 29.4 Å². The summed E-state index contributed by atoms with van der Waals surface area (Å²) in [6.45, 7) is 5.20.